The number of hydrogen-bond acceptors (Lipinski definition) is 1. The molecule has 0 saturated carbocycles. The molecule has 1 aliphatic rings. The standard InChI is InChI=1S/C20H38OSi/c1-15-16(2)18(4)19(17(15)3)22(8)14-12-10-9-11-13-21-20(5,6)7/h19,22H,9-14H2,1-8H3. The fourth-order valence-corrected chi connectivity index (χ4v) is 7.18. The van der Waals surface area contributed by atoms with Crippen molar-refractivity contribution in [3.8, 4) is 0 Å². The van der Waals surface area contributed by atoms with Crippen LogP contribution in [0.5, 0.6) is 0 Å². The molecule has 0 saturated heterocycles. The van der Waals surface area contributed by atoms with E-state index < -0.39 is 8.80 Å². The second kappa shape index (κ2) is 8.49. The minimum Gasteiger partial charge on any atom is -0.376 e. The van der Waals surface area contributed by atoms with Crippen LogP contribution in [-0.2, 0) is 4.74 Å². The lowest BCUT2D eigenvalue weighted by atomic mass is 10.1. The Labute approximate surface area is 140 Å². The normalized spacial score (nSPS) is 18.5. The van der Waals surface area contributed by atoms with Crippen LogP contribution >= 0.6 is 0 Å². The van der Waals surface area contributed by atoms with Crippen LogP contribution in [-0.4, -0.2) is 21.0 Å². The van der Waals surface area contributed by atoms with Gasteiger partial charge in [0.05, 0.1) is 5.60 Å². The molecule has 0 aliphatic heterocycles. The quantitative estimate of drug-likeness (QED) is 0.378. The highest BCUT2D eigenvalue weighted by Gasteiger charge is 2.29. The van der Waals surface area contributed by atoms with Gasteiger partial charge < -0.3 is 4.74 Å². The second-order valence-electron chi connectivity index (χ2n) is 8.23. The van der Waals surface area contributed by atoms with Crippen molar-refractivity contribution in [1.82, 2.24) is 0 Å². The summed E-state index contributed by atoms with van der Waals surface area (Å²) in [5, 5.41) is 0. The van der Waals surface area contributed by atoms with E-state index in [1.165, 1.54) is 31.7 Å². The molecule has 0 bridgehead atoms. The Morgan fingerprint density at radius 1 is 0.864 bits per heavy atom. The molecule has 1 unspecified atom stereocenters. The van der Waals surface area contributed by atoms with Crippen LogP contribution in [0.4, 0.5) is 0 Å². The van der Waals surface area contributed by atoms with Crippen molar-refractivity contribution in [2.45, 2.75) is 97.9 Å². The summed E-state index contributed by atoms with van der Waals surface area (Å²) in [7, 11) is -0.681. The third-order valence-electron chi connectivity index (χ3n) is 5.34. The number of unbranched alkanes of at least 4 members (excludes halogenated alkanes) is 3. The summed E-state index contributed by atoms with van der Waals surface area (Å²) in [6, 6.07) is 1.49. The van der Waals surface area contributed by atoms with E-state index in [0.717, 1.165) is 12.1 Å². The Morgan fingerprint density at radius 2 is 1.36 bits per heavy atom. The van der Waals surface area contributed by atoms with Gasteiger partial charge in [0.2, 0.25) is 0 Å². The maximum Gasteiger partial charge on any atom is 0.0598 e. The minimum atomic E-state index is -0.681. The number of ether oxygens (including phenoxy) is 1. The van der Waals surface area contributed by atoms with E-state index in [-0.39, 0.29) is 5.60 Å². The van der Waals surface area contributed by atoms with Gasteiger partial charge in [-0.3, -0.25) is 0 Å². The molecule has 0 fully saturated rings. The van der Waals surface area contributed by atoms with E-state index in [1.54, 1.807) is 22.3 Å². The van der Waals surface area contributed by atoms with Crippen LogP contribution < -0.4 is 0 Å². The van der Waals surface area contributed by atoms with Crippen LogP contribution in [0.3, 0.4) is 0 Å². The highest BCUT2D eigenvalue weighted by molar-refractivity contribution is 6.60. The van der Waals surface area contributed by atoms with Crippen molar-refractivity contribution >= 4 is 8.80 Å². The fraction of sp³-hybridized carbons (Fsp3) is 0.800. The van der Waals surface area contributed by atoms with Gasteiger partial charge in [-0.25, -0.2) is 0 Å². The van der Waals surface area contributed by atoms with Crippen molar-refractivity contribution in [2.75, 3.05) is 6.61 Å². The molecule has 0 amide bonds. The molecule has 22 heavy (non-hydrogen) atoms. The third kappa shape index (κ3) is 5.70. The van der Waals surface area contributed by atoms with Crippen LogP contribution in [0, 0.1) is 0 Å². The molecular formula is C20H38OSi. The Hall–Kier alpha value is -0.343. The minimum absolute atomic E-state index is 0.0212. The number of rotatable bonds is 8. The second-order valence-corrected chi connectivity index (χ2v) is 11.4. The summed E-state index contributed by atoms with van der Waals surface area (Å²) >= 11 is 0. The van der Waals surface area contributed by atoms with Crippen LogP contribution in [0.15, 0.2) is 22.3 Å². The Kier molecular flexibility index (Phi) is 7.61. The molecule has 128 valence electrons. The predicted molar refractivity (Wildman–Crippen MR) is 102 cm³/mol. The first kappa shape index (κ1) is 19.7. The molecule has 1 rings (SSSR count). The van der Waals surface area contributed by atoms with E-state index in [1.807, 2.05) is 0 Å². The van der Waals surface area contributed by atoms with Crippen molar-refractivity contribution < 1.29 is 4.74 Å². The lowest BCUT2D eigenvalue weighted by molar-refractivity contribution is -0.00471. The van der Waals surface area contributed by atoms with Gasteiger partial charge in [-0.15, -0.1) is 0 Å². The van der Waals surface area contributed by atoms with Gasteiger partial charge >= 0.3 is 0 Å². The molecule has 0 spiro atoms. The SMILES string of the molecule is CC1=C(C)C([SiH](C)CCCCCCOC(C)(C)C)C(C)=C1C. The lowest BCUT2D eigenvalue weighted by Crippen LogP contribution is -2.19. The molecule has 0 radical (unpaired) electrons. The molecule has 1 nitrogen and oxygen atoms in total. The summed E-state index contributed by atoms with van der Waals surface area (Å²) < 4.78 is 5.79. The highest BCUT2D eigenvalue weighted by Crippen LogP contribution is 2.43. The van der Waals surface area contributed by atoms with E-state index in [2.05, 4.69) is 55.0 Å². The molecule has 2 heteroatoms. The van der Waals surface area contributed by atoms with E-state index >= 15 is 0 Å². The Morgan fingerprint density at radius 3 is 1.86 bits per heavy atom. The highest BCUT2D eigenvalue weighted by atomic mass is 28.3. The van der Waals surface area contributed by atoms with Crippen molar-refractivity contribution in [2.24, 2.45) is 0 Å². The summed E-state index contributed by atoms with van der Waals surface area (Å²) in [6.07, 6.45) is 5.33. The van der Waals surface area contributed by atoms with Crippen molar-refractivity contribution in [1.29, 1.82) is 0 Å². The summed E-state index contributed by atoms with van der Waals surface area (Å²) in [5.41, 5.74) is 7.35. The smallest absolute Gasteiger partial charge is 0.0598 e. The number of allylic oxidation sites excluding steroid dienone is 4. The lowest BCUT2D eigenvalue weighted by Gasteiger charge is -2.22. The molecule has 0 N–H and O–H groups in total. The number of hydrogen-bond donors (Lipinski definition) is 0. The molecular weight excluding hydrogens is 284 g/mol. The first-order chi connectivity index (χ1) is 10.1. The molecule has 0 aromatic heterocycles. The van der Waals surface area contributed by atoms with E-state index in [4.69, 9.17) is 4.74 Å². The molecule has 0 aromatic rings. The van der Waals surface area contributed by atoms with Crippen LogP contribution in [0.1, 0.15) is 74.1 Å². The van der Waals surface area contributed by atoms with Gasteiger partial charge in [-0.05, 0) is 71.6 Å². The maximum absolute atomic E-state index is 5.79. The van der Waals surface area contributed by atoms with Crippen molar-refractivity contribution in [3.63, 3.8) is 0 Å². The fourth-order valence-electron chi connectivity index (χ4n) is 3.70. The van der Waals surface area contributed by atoms with Gasteiger partial charge in [0, 0.05) is 15.4 Å². The van der Waals surface area contributed by atoms with Gasteiger partial charge in [0.1, 0.15) is 0 Å². The first-order valence-corrected chi connectivity index (χ1v) is 11.8. The zero-order chi connectivity index (χ0) is 16.9. The largest absolute Gasteiger partial charge is 0.376 e. The molecule has 1 atom stereocenters. The topological polar surface area (TPSA) is 9.23 Å². The average Bonchev–Trinajstić information content (AvgIpc) is 2.60. The monoisotopic (exact) mass is 322 g/mol. The van der Waals surface area contributed by atoms with E-state index in [9.17, 15) is 0 Å². The van der Waals surface area contributed by atoms with Crippen molar-refractivity contribution in [3.05, 3.63) is 22.3 Å². The van der Waals surface area contributed by atoms with Gasteiger partial charge in [-0.2, -0.15) is 0 Å². The summed E-state index contributed by atoms with van der Waals surface area (Å²) in [6.45, 7) is 19.3. The zero-order valence-electron chi connectivity index (χ0n) is 16.3. The predicted octanol–water partition coefficient (Wildman–Crippen LogP) is 6.28. The maximum atomic E-state index is 5.79. The first-order valence-electron chi connectivity index (χ1n) is 9.14. The van der Waals surface area contributed by atoms with Gasteiger partial charge in [0.15, 0.2) is 0 Å². The molecule has 0 heterocycles. The average molecular weight is 323 g/mol. The third-order valence-corrected chi connectivity index (χ3v) is 8.79. The Bertz CT molecular complexity index is 401. The van der Waals surface area contributed by atoms with Gasteiger partial charge in [0.25, 0.3) is 0 Å². The molecule has 0 aromatic carbocycles. The Balaban J connectivity index is 2.24. The summed E-state index contributed by atoms with van der Waals surface area (Å²) in [5.74, 6) is 0. The van der Waals surface area contributed by atoms with Crippen LogP contribution in [0.25, 0.3) is 0 Å². The van der Waals surface area contributed by atoms with Crippen LogP contribution in [0.2, 0.25) is 18.1 Å². The molecule has 1 aliphatic carbocycles. The van der Waals surface area contributed by atoms with Gasteiger partial charge in [-0.1, -0.05) is 43.0 Å². The summed E-state index contributed by atoms with van der Waals surface area (Å²) in [4.78, 5) is 0. The van der Waals surface area contributed by atoms with E-state index in [0.29, 0.717) is 0 Å². The zero-order valence-corrected chi connectivity index (χ0v) is 17.5.